The van der Waals surface area contributed by atoms with Gasteiger partial charge in [-0.1, -0.05) is 12.1 Å². The highest BCUT2D eigenvalue weighted by Crippen LogP contribution is 2.27. The van der Waals surface area contributed by atoms with Crippen LogP contribution in [-0.4, -0.2) is 9.97 Å². The summed E-state index contributed by atoms with van der Waals surface area (Å²) in [5.74, 6) is 0. The molecule has 0 aliphatic heterocycles. The Hall–Kier alpha value is -1.78. The van der Waals surface area contributed by atoms with E-state index in [-0.39, 0.29) is 6.04 Å². The first-order valence-electron chi connectivity index (χ1n) is 5.76. The number of hydrogen-bond donors (Lipinski definition) is 1. The third-order valence-electron chi connectivity index (χ3n) is 2.97. The standard InChI is InChI=1S/C14H13N3S/c1-9-7-10(8-18-9)13(15)11-3-2-4-12-14(11)17-6-5-16-12/h2-8,13H,15H2,1H3. The molecule has 0 radical (unpaired) electrons. The van der Waals surface area contributed by atoms with Crippen molar-refractivity contribution in [1.82, 2.24) is 9.97 Å². The molecule has 0 amide bonds. The molecule has 0 aliphatic rings. The van der Waals surface area contributed by atoms with Crippen LogP contribution in [0.3, 0.4) is 0 Å². The zero-order valence-corrected chi connectivity index (χ0v) is 10.8. The van der Waals surface area contributed by atoms with Crippen LogP contribution in [0.2, 0.25) is 0 Å². The molecular formula is C14H13N3S. The summed E-state index contributed by atoms with van der Waals surface area (Å²) >= 11 is 1.72. The minimum atomic E-state index is -0.143. The summed E-state index contributed by atoms with van der Waals surface area (Å²) in [6, 6.07) is 7.94. The van der Waals surface area contributed by atoms with Gasteiger partial charge in [-0.25, -0.2) is 0 Å². The van der Waals surface area contributed by atoms with Crippen molar-refractivity contribution in [2.75, 3.05) is 0 Å². The van der Waals surface area contributed by atoms with E-state index in [0.29, 0.717) is 0 Å². The summed E-state index contributed by atoms with van der Waals surface area (Å²) in [4.78, 5) is 9.97. The summed E-state index contributed by atoms with van der Waals surface area (Å²) in [6.07, 6.45) is 3.41. The van der Waals surface area contributed by atoms with Gasteiger partial charge in [0, 0.05) is 22.8 Å². The second-order valence-corrected chi connectivity index (χ2v) is 5.36. The lowest BCUT2D eigenvalue weighted by Crippen LogP contribution is -2.12. The summed E-state index contributed by atoms with van der Waals surface area (Å²) < 4.78 is 0. The van der Waals surface area contributed by atoms with Gasteiger partial charge < -0.3 is 5.73 Å². The summed E-state index contributed by atoms with van der Waals surface area (Å²) in [5, 5.41) is 2.11. The molecule has 0 saturated carbocycles. The van der Waals surface area contributed by atoms with Crippen molar-refractivity contribution in [2.24, 2.45) is 5.73 Å². The molecule has 2 aromatic heterocycles. The van der Waals surface area contributed by atoms with Crippen molar-refractivity contribution in [3.05, 3.63) is 58.0 Å². The molecule has 90 valence electrons. The molecule has 4 heteroatoms. The van der Waals surface area contributed by atoms with Gasteiger partial charge >= 0.3 is 0 Å². The Labute approximate surface area is 109 Å². The Morgan fingerprint density at radius 3 is 2.83 bits per heavy atom. The predicted octanol–water partition coefficient (Wildman–Crippen LogP) is 3.05. The minimum Gasteiger partial charge on any atom is -0.320 e. The molecule has 2 heterocycles. The molecule has 18 heavy (non-hydrogen) atoms. The van der Waals surface area contributed by atoms with Gasteiger partial charge in [-0.15, -0.1) is 11.3 Å². The Kier molecular flexibility index (Phi) is 2.81. The van der Waals surface area contributed by atoms with Crippen LogP contribution in [0, 0.1) is 6.92 Å². The lowest BCUT2D eigenvalue weighted by atomic mass is 10.0. The third kappa shape index (κ3) is 1.89. The van der Waals surface area contributed by atoms with Gasteiger partial charge in [-0.05, 0) is 30.0 Å². The zero-order chi connectivity index (χ0) is 12.5. The van der Waals surface area contributed by atoms with Crippen molar-refractivity contribution in [3.8, 4) is 0 Å². The van der Waals surface area contributed by atoms with Crippen LogP contribution in [-0.2, 0) is 0 Å². The fourth-order valence-corrected chi connectivity index (χ4v) is 2.81. The van der Waals surface area contributed by atoms with E-state index >= 15 is 0 Å². The quantitative estimate of drug-likeness (QED) is 0.765. The van der Waals surface area contributed by atoms with Gasteiger partial charge in [0.25, 0.3) is 0 Å². The Morgan fingerprint density at radius 2 is 2.06 bits per heavy atom. The van der Waals surface area contributed by atoms with Gasteiger partial charge in [-0.2, -0.15) is 0 Å². The third-order valence-corrected chi connectivity index (χ3v) is 3.85. The fourth-order valence-electron chi connectivity index (χ4n) is 2.07. The van der Waals surface area contributed by atoms with Gasteiger partial charge in [-0.3, -0.25) is 9.97 Å². The first-order chi connectivity index (χ1) is 8.75. The molecule has 0 spiro atoms. The van der Waals surface area contributed by atoms with Crippen molar-refractivity contribution in [3.63, 3.8) is 0 Å². The van der Waals surface area contributed by atoms with Crippen LogP contribution < -0.4 is 5.73 Å². The van der Waals surface area contributed by atoms with E-state index in [0.717, 1.165) is 22.2 Å². The van der Waals surface area contributed by atoms with Gasteiger partial charge in [0.2, 0.25) is 0 Å². The van der Waals surface area contributed by atoms with Crippen LogP contribution in [0.1, 0.15) is 22.0 Å². The zero-order valence-electron chi connectivity index (χ0n) is 10.00. The van der Waals surface area contributed by atoms with E-state index in [1.54, 1.807) is 23.7 Å². The minimum absolute atomic E-state index is 0.143. The van der Waals surface area contributed by atoms with Crippen molar-refractivity contribution >= 4 is 22.4 Å². The summed E-state index contributed by atoms with van der Waals surface area (Å²) in [5.41, 5.74) is 10.3. The molecule has 3 aromatic rings. The Bertz CT molecular complexity index is 685. The normalized spacial score (nSPS) is 12.8. The summed E-state index contributed by atoms with van der Waals surface area (Å²) in [6.45, 7) is 2.09. The molecule has 0 saturated heterocycles. The largest absolute Gasteiger partial charge is 0.320 e. The molecule has 0 aliphatic carbocycles. The number of nitrogens with zero attached hydrogens (tertiary/aromatic N) is 2. The first-order valence-corrected chi connectivity index (χ1v) is 6.64. The van der Waals surface area contributed by atoms with Gasteiger partial charge in [0.1, 0.15) is 0 Å². The molecule has 3 nitrogen and oxygen atoms in total. The average Bonchev–Trinajstić information content (AvgIpc) is 2.84. The number of fused-ring (bicyclic) bond motifs is 1. The lowest BCUT2D eigenvalue weighted by Gasteiger charge is -2.12. The van der Waals surface area contributed by atoms with E-state index in [9.17, 15) is 0 Å². The van der Waals surface area contributed by atoms with E-state index in [2.05, 4.69) is 28.3 Å². The maximum absolute atomic E-state index is 6.33. The molecule has 1 aromatic carbocycles. The van der Waals surface area contributed by atoms with E-state index < -0.39 is 0 Å². The fraction of sp³-hybridized carbons (Fsp3) is 0.143. The molecule has 1 atom stereocenters. The van der Waals surface area contributed by atoms with E-state index in [1.165, 1.54) is 4.88 Å². The molecule has 0 bridgehead atoms. The van der Waals surface area contributed by atoms with Crippen LogP contribution in [0.5, 0.6) is 0 Å². The number of hydrogen-bond acceptors (Lipinski definition) is 4. The first kappa shape index (κ1) is 11.3. The average molecular weight is 255 g/mol. The number of thiophene rings is 1. The van der Waals surface area contributed by atoms with Gasteiger partial charge in [0.15, 0.2) is 0 Å². The molecular weight excluding hydrogens is 242 g/mol. The van der Waals surface area contributed by atoms with E-state index in [1.807, 2.05) is 18.2 Å². The Balaban J connectivity index is 2.14. The molecule has 3 rings (SSSR count). The van der Waals surface area contributed by atoms with Crippen LogP contribution in [0.4, 0.5) is 0 Å². The summed E-state index contributed by atoms with van der Waals surface area (Å²) in [7, 11) is 0. The highest BCUT2D eigenvalue weighted by molar-refractivity contribution is 7.10. The highest BCUT2D eigenvalue weighted by Gasteiger charge is 2.14. The second-order valence-electron chi connectivity index (χ2n) is 4.24. The lowest BCUT2D eigenvalue weighted by molar-refractivity contribution is 0.881. The number of rotatable bonds is 2. The van der Waals surface area contributed by atoms with Crippen molar-refractivity contribution < 1.29 is 0 Å². The number of nitrogens with two attached hydrogens (primary N) is 1. The second kappa shape index (κ2) is 4.48. The molecule has 0 fully saturated rings. The molecule has 2 N–H and O–H groups in total. The smallest absolute Gasteiger partial charge is 0.0937 e. The molecule has 1 unspecified atom stereocenters. The van der Waals surface area contributed by atoms with Crippen molar-refractivity contribution in [1.29, 1.82) is 0 Å². The maximum atomic E-state index is 6.33. The Morgan fingerprint density at radius 1 is 1.22 bits per heavy atom. The van der Waals surface area contributed by atoms with Crippen molar-refractivity contribution in [2.45, 2.75) is 13.0 Å². The van der Waals surface area contributed by atoms with E-state index in [4.69, 9.17) is 5.73 Å². The van der Waals surface area contributed by atoms with Crippen LogP contribution >= 0.6 is 11.3 Å². The topological polar surface area (TPSA) is 51.8 Å². The number of aryl methyl sites for hydroxylation is 1. The number of aromatic nitrogens is 2. The highest BCUT2D eigenvalue weighted by atomic mass is 32.1. The van der Waals surface area contributed by atoms with Crippen LogP contribution in [0.25, 0.3) is 11.0 Å². The van der Waals surface area contributed by atoms with Crippen LogP contribution in [0.15, 0.2) is 42.0 Å². The van der Waals surface area contributed by atoms with Gasteiger partial charge in [0.05, 0.1) is 17.1 Å². The monoisotopic (exact) mass is 255 g/mol. The SMILES string of the molecule is Cc1cc(C(N)c2cccc3nccnc23)cs1. The number of para-hydroxylation sites is 1. The maximum Gasteiger partial charge on any atom is 0.0937 e. The number of benzene rings is 1. The predicted molar refractivity (Wildman–Crippen MR) is 74.6 cm³/mol.